The molecule has 0 bridgehead atoms. The molecule has 0 radical (unpaired) electrons. The van der Waals surface area contributed by atoms with Gasteiger partial charge in [0.1, 0.15) is 11.9 Å². The summed E-state index contributed by atoms with van der Waals surface area (Å²) in [6.07, 6.45) is 6.22. The first-order valence-corrected chi connectivity index (χ1v) is 13.4. The van der Waals surface area contributed by atoms with Crippen LogP contribution >= 0.6 is 11.6 Å². The first-order chi connectivity index (χ1) is 18.4. The molecule has 0 spiro atoms. The number of hydrogen-bond donors (Lipinski definition) is 2. The highest BCUT2D eigenvalue weighted by atomic mass is 35.5. The molecule has 7 nitrogen and oxygen atoms in total. The second kappa shape index (κ2) is 13.2. The fraction of sp³-hybridized carbons (Fsp3) is 0.333. The number of hydrogen-bond acceptors (Lipinski definition) is 4. The summed E-state index contributed by atoms with van der Waals surface area (Å²) in [5, 5.41) is 6.47. The van der Waals surface area contributed by atoms with Crippen LogP contribution in [0.15, 0.2) is 72.9 Å². The lowest BCUT2D eigenvalue weighted by Crippen LogP contribution is -2.46. The summed E-state index contributed by atoms with van der Waals surface area (Å²) in [4.78, 5) is 45.6. The third kappa shape index (κ3) is 7.42. The van der Waals surface area contributed by atoms with E-state index in [1.54, 1.807) is 53.6 Å². The Kier molecular flexibility index (Phi) is 9.49. The molecule has 0 unspecified atom stereocenters. The lowest BCUT2D eigenvalue weighted by Gasteiger charge is -2.32. The maximum atomic E-state index is 13.8. The molecular weight excluding hydrogens is 500 g/mol. The van der Waals surface area contributed by atoms with Crippen LogP contribution in [0, 0.1) is 6.92 Å². The molecule has 1 aliphatic rings. The Morgan fingerprint density at radius 3 is 2.34 bits per heavy atom. The number of amides is 3. The molecule has 0 aliphatic heterocycles. The van der Waals surface area contributed by atoms with Crippen LogP contribution in [0.25, 0.3) is 0 Å². The van der Waals surface area contributed by atoms with Crippen molar-refractivity contribution < 1.29 is 14.4 Å². The third-order valence-corrected chi connectivity index (χ3v) is 6.95. The van der Waals surface area contributed by atoms with Crippen molar-refractivity contribution in [3.05, 3.63) is 89.1 Å². The SMILES string of the molecule is Cc1ccc(N(C(=O)CCCC(=O)Nc2ccccn2)[C@H](C(=O)NC2CCCC2)c2ccc(Cl)cc2)cc1. The minimum atomic E-state index is -0.870. The van der Waals surface area contributed by atoms with E-state index in [0.717, 1.165) is 31.2 Å². The monoisotopic (exact) mass is 532 g/mol. The lowest BCUT2D eigenvalue weighted by atomic mass is 10.0. The number of pyridine rings is 1. The first-order valence-electron chi connectivity index (χ1n) is 13.1. The molecule has 1 aliphatic carbocycles. The van der Waals surface area contributed by atoms with Crippen molar-refractivity contribution >= 4 is 40.8 Å². The summed E-state index contributed by atoms with van der Waals surface area (Å²) in [6, 6.07) is 19.1. The van der Waals surface area contributed by atoms with E-state index in [0.29, 0.717) is 28.5 Å². The fourth-order valence-corrected chi connectivity index (χ4v) is 4.84. The number of rotatable bonds is 10. The summed E-state index contributed by atoms with van der Waals surface area (Å²) in [5.41, 5.74) is 2.34. The van der Waals surface area contributed by atoms with Crippen molar-refractivity contribution in [3.63, 3.8) is 0 Å². The molecule has 2 N–H and O–H groups in total. The van der Waals surface area contributed by atoms with Gasteiger partial charge in [0.2, 0.25) is 17.7 Å². The van der Waals surface area contributed by atoms with Gasteiger partial charge in [-0.3, -0.25) is 19.3 Å². The normalized spacial score (nSPS) is 14.1. The minimum Gasteiger partial charge on any atom is -0.351 e. The quantitative estimate of drug-likeness (QED) is 0.336. The first kappa shape index (κ1) is 27.3. The number of carbonyl (C=O) groups is 3. The van der Waals surface area contributed by atoms with Crippen molar-refractivity contribution in [1.29, 1.82) is 0 Å². The van der Waals surface area contributed by atoms with Gasteiger partial charge in [-0.15, -0.1) is 0 Å². The third-order valence-electron chi connectivity index (χ3n) is 6.70. The van der Waals surface area contributed by atoms with Gasteiger partial charge in [-0.05, 0) is 68.1 Å². The molecule has 3 aromatic rings. The van der Waals surface area contributed by atoms with Crippen LogP contribution in [0.2, 0.25) is 5.02 Å². The standard InChI is InChI=1S/C30H33ClN4O3/c1-21-12-18-25(19-13-21)35(28(37)11-6-10-27(36)34-26-9-4-5-20-32-26)29(22-14-16-23(31)17-15-22)30(38)33-24-7-2-3-8-24/h4-5,9,12-20,24,29H,2-3,6-8,10-11H2,1H3,(H,33,38)(H,32,34,36)/t29-/m0/s1. The zero-order chi connectivity index (χ0) is 26.9. The largest absolute Gasteiger partial charge is 0.351 e. The van der Waals surface area contributed by atoms with E-state index in [9.17, 15) is 14.4 Å². The number of benzene rings is 2. The maximum Gasteiger partial charge on any atom is 0.248 e. The van der Waals surface area contributed by atoms with E-state index in [2.05, 4.69) is 15.6 Å². The molecule has 1 fully saturated rings. The van der Waals surface area contributed by atoms with Gasteiger partial charge in [-0.2, -0.15) is 0 Å². The molecule has 1 atom stereocenters. The molecule has 8 heteroatoms. The van der Waals surface area contributed by atoms with E-state index in [1.807, 2.05) is 31.2 Å². The maximum absolute atomic E-state index is 13.8. The van der Waals surface area contributed by atoms with E-state index < -0.39 is 6.04 Å². The van der Waals surface area contributed by atoms with Crippen molar-refractivity contribution in [2.24, 2.45) is 0 Å². The second-order valence-electron chi connectivity index (χ2n) is 9.66. The summed E-state index contributed by atoms with van der Waals surface area (Å²) in [7, 11) is 0. The van der Waals surface area contributed by atoms with Crippen LogP contribution in [-0.4, -0.2) is 28.7 Å². The van der Waals surface area contributed by atoms with Gasteiger partial charge in [0.15, 0.2) is 0 Å². The summed E-state index contributed by atoms with van der Waals surface area (Å²) in [5.74, 6) is -0.204. The van der Waals surface area contributed by atoms with Crippen LogP contribution in [0.4, 0.5) is 11.5 Å². The van der Waals surface area contributed by atoms with E-state index in [-0.39, 0.29) is 36.6 Å². The average Bonchev–Trinajstić information content (AvgIpc) is 3.42. The second-order valence-corrected chi connectivity index (χ2v) is 10.1. The fourth-order valence-electron chi connectivity index (χ4n) is 4.72. The topological polar surface area (TPSA) is 91.4 Å². The van der Waals surface area contributed by atoms with Crippen LogP contribution in [-0.2, 0) is 14.4 Å². The van der Waals surface area contributed by atoms with Crippen LogP contribution in [0.1, 0.15) is 62.1 Å². The van der Waals surface area contributed by atoms with Crippen LogP contribution in [0.5, 0.6) is 0 Å². The van der Waals surface area contributed by atoms with Crippen molar-refractivity contribution in [1.82, 2.24) is 10.3 Å². The molecule has 1 aromatic heterocycles. The highest BCUT2D eigenvalue weighted by Crippen LogP contribution is 2.31. The van der Waals surface area contributed by atoms with Crippen molar-refractivity contribution in [2.75, 3.05) is 10.2 Å². The Labute approximate surface area is 228 Å². The van der Waals surface area contributed by atoms with Gasteiger partial charge in [0, 0.05) is 35.8 Å². The van der Waals surface area contributed by atoms with Crippen molar-refractivity contribution in [3.8, 4) is 0 Å². The zero-order valence-corrected chi connectivity index (χ0v) is 22.3. The Hall–Kier alpha value is -3.71. The van der Waals surface area contributed by atoms with E-state index >= 15 is 0 Å². The summed E-state index contributed by atoms with van der Waals surface area (Å²) < 4.78 is 0. The average molecular weight is 533 g/mol. The number of aromatic nitrogens is 1. The van der Waals surface area contributed by atoms with Gasteiger partial charge in [0.05, 0.1) is 0 Å². The Bertz CT molecular complexity index is 1230. The Morgan fingerprint density at radius 1 is 0.974 bits per heavy atom. The molecule has 4 rings (SSSR count). The summed E-state index contributed by atoms with van der Waals surface area (Å²) >= 11 is 6.14. The number of nitrogens with zero attached hydrogens (tertiary/aromatic N) is 2. The van der Waals surface area contributed by atoms with Crippen LogP contribution in [0.3, 0.4) is 0 Å². The number of carbonyl (C=O) groups excluding carboxylic acids is 3. The predicted molar refractivity (Wildman–Crippen MR) is 150 cm³/mol. The van der Waals surface area contributed by atoms with Gasteiger partial charge < -0.3 is 10.6 Å². The molecule has 2 aromatic carbocycles. The highest BCUT2D eigenvalue weighted by molar-refractivity contribution is 6.30. The molecule has 3 amide bonds. The molecule has 1 heterocycles. The molecule has 38 heavy (non-hydrogen) atoms. The molecular formula is C30H33ClN4O3. The van der Waals surface area contributed by atoms with Gasteiger partial charge >= 0.3 is 0 Å². The van der Waals surface area contributed by atoms with Gasteiger partial charge in [0.25, 0.3) is 0 Å². The van der Waals surface area contributed by atoms with Crippen molar-refractivity contribution in [2.45, 2.75) is 64.0 Å². The number of anilines is 2. The van der Waals surface area contributed by atoms with Gasteiger partial charge in [-0.1, -0.05) is 60.3 Å². The number of aryl methyl sites for hydroxylation is 1. The van der Waals surface area contributed by atoms with Crippen LogP contribution < -0.4 is 15.5 Å². The molecule has 0 saturated heterocycles. The van der Waals surface area contributed by atoms with Gasteiger partial charge in [-0.25, -0.2) is 4.98 Å². The molecule has 198 valence electrons. The lowest BCUT2D eigenvalue weighted by molar-refractivity contribution is -0.127. The minimum absolute atomic E-state index is 0.0996. The van der Waals surface area contributed by atoms with E-state index in [1.165, 1.54) is 0 Å². The smallest absolute Gasteiger partial charge is 0.248 e. The number of halogens is 1. The zero-order valence-electron chi connectivity index (χ0n) is 21.5. The summed E-state index contributed by atoms with van der Waals surface area (Å²) in [6.45, 7) is 1.97. The predicted octanol–water partition coefficient (Wildman–Crippen LogP) is 5.99. The highest BCUT2D eigenvalue weighted by Gasteiger charge is 2.34. The number of nitrogens with one attached hydrogen (secondary N) is 2. The molecule has 1 saturated carbocycles. The van der Waals surface area contributed by atoms with E-state index in [4.69, 9.17) is 11.6 Å². The Balaban J connectivity index is 1.56. The Morgan fingerprint density at radius 2 is 1.68 bits per heavy atom.